The number of rotatable bonds is 2. The van der Waals surface area contributed by atoms with Gasteiger partial charge in [-0.05, 0) is 106 Å². The summed E-state index contributed by atoms with van der Waals surface area (Å²) in [6, 6.07) is 0. The van der Waals surface area contributed by atoms with Crippen LogP contribution in [0.3, 0.4) is 0 Å². The summed E-state index contributed by atoms with van der Waals surface area (Å²) in [7, 11) is 0. The molecule has 4 fully saturated rings. The number of hydrogen-bond acceptors (Lipinski definition) is 2. The van der Waals surface area contributed by atoms with Gasteiger partial charge < -0.3 is 5.11 Å². The van der Waals surface area contributed by atoms with Crippen LogP contribution in [0.2, 0.25) is 0 Å². The van der Waals surface area contributed by atoms with Crippen LogP contribution in [0.25, 0.3) is 0 Å². The van der Waals surface area contributed by atoms with Crippen molar-refractivity contribution in [1.29, 1.82) is 0 Å². The first-order valence-corrected chi connectivity index (χ1v) is 11.8. The highest BCUT2D eigenvalue weighted by atomic mass is 79.9. The van der Waals surface area contributed by atoms with Crippen LogP contribution in [0.1, 0.15) is 78.1 Å². The van der Waals surface area contributed by atoms with E-state index in [1.807, 2.05) is 0 Å². The molecule has 142 valence electrons. The number of hydrogen-bond donors (Lipinski definition) is 1. The quantitative estimate of drug-likeness (QED) is 0.621. The Hall–Kier alpha value is 0.110. The average Bonchev–Trinajstić information content (AvgIpc) is 2.73. The molecule has 2 bridgehead atoms. The van der Waals surface area contributed by atoms with E-state index in [1.165, 1.54) is 44.9 Å². The van der Waals surface area contributed by atoms with E-state index in [9.17, 15) is 9.90 Å². The number of fused-ring (bicyclic) bond motifs is 6. The first kappa shape index (κ1) is 18.5. The van der Waals surface area contributed by atoms with Crippen molar-refractivity contribution in [3.8, 4) is 0 Å². The Balaban J connectivity index is 1.57. The summed E-state index contributed by atoms with van der Waals surface area (Å²) >= 11 is 3.41. The average molecular weight is 411 g/mol. The highest BCUT2D eigenvalue weighted by molar-refractivity contribution is 9.09. The Morgan fingerprint density at radius 1 is 1.04 bits per heavy atom. The molecule has 0 amide bonds. The Kier molecular flexibility index (Phi) is 4.89. The van der Waals surface area contributed by atoms with Crippen molar-refractivity contribution in [2.75, 3.05) is 5.33 Å². The van der Waals surface area contributed by atoms with Crippen molar-refractivity contribution in [2.45, 2.75) is 83.7 Å². The van der Waals surface area contributed by atoms with Crippen LogP contribution < -0.4 is 0 Å². The molecule has 0 spiro atoms. The van der Waals surface area contributed by atoms with E-state index in [2.05, 4.69) is 29.8 Å². The van der Waals surface area contributed by atoms with Gasteiger partial charge in [-0.3, -0.25) is 4.79 Å². The lowest BCUT2D eigenvalue weighted by molar-refractivity contribution is -0.124. The summed E-state index contributed by atoms with van der Waals surface area (Å²) in [5, 5.41) is 11.2. The minimum absolute atomic E-state index is 0.325. The van der Waals surface area contributed by atoms with E-state index in [4.69, 9.17) is 0 Å². The zero-order valence-corrected chi connectivity index (χ0v) is 17.6. The number of Topliss-reactive ketones (excluding diaryl/α,β-unsaturated/α-hetero) is 1. The third-order valence-corrected chi connectivity index (χ3v) is 9.61. The molecule has 0 radical (unpaired) electrons. The largest absolute Gasteiger partial charge is 0.390 e. The van der Waals surface area contributed by atoms with Crippen LogP contribution in [0, 0.1) is 40.9 Å². The van der Waals surface area contributed by atoms with Gasteiger partial charge in [-0.15, -0.1) is 0 Å². The minimum atomic E-state index is -0.439. The molecular formula is C22H35BrO2. The maximum Gasteiger partial charge on any atom is 0.146 e. The van der Waals surface area contributed by atoms with E-state index < -0.39 is 5.60 Å². The summed E-state index contributed by atoms with van der Waals surface area (Å²) in [6.07, 6.45) is 12.2. The fourth-order valence-electron chi connectivity index (χ4n) is 7.65. The molecule has 2 nitrogen and oxygen atoms in total. The second kappa shape index (κ2) is 6.62. The lowest BCUT2D eigenvalue weighted by Gasteiger charge is -2.57. The Morgan fingerprint density at radius 2 is 1.80 bits per heavy atom. The number of carbonyl (C=O) groups is 1. The van der Waals surface area contributed by atoms with E-state index >= 15 is 0 Å². The van der Waals surface area contributed by atoms with Crippen molar-refractivity contribution in [3.05, 3.63) is 0 Å². The summed E-state index contributed by atoms with van der Waals surface area (Å²) < 4.78 is 0. The molecule has 1 unspecified atom stereocenters. The second-order valence-corrected chi connectivity index (χ2v) is 10.9. The first-order chi connectivity index (χ1) is 11.8. The van der Waals surface area contributed by atoms with Crippen molar-refractivity contribution in [2.24, 2.45) is 40.9 Å². The molecule has 0 aromatic rings. The van der Waals surface area contributed by atoms with E-state index in [1.54, 1.807) is 0 Å². The number of alkyl halides is 1. The van der Waals surface area contributed by atoms with Crippen LogP contribution in [0.4, 0.5) is 0 Å². The van der Waals surface area contributed by atoms with Crippen LogP contribution in [-0.2, 0) is 4.79 Å². The molecule has 4 aliphatic carbocycles. The van der Waals surface area contributed by atoms with Gasteiger partial charge in [0, 0.05) is 5.92 Å². The first-order valence-electron chi connectivity index (χ1n) is 10.6. The third kappa shape index (κ3) is 3.16. The number of aliphatic hydroxyl groups is 1. The molecule has 1 N–H and O–H groups in total. The highest BCUT2D eigenvalue weighted by Crippen LogP contribution is 2.62. The van der Waals surface area contributed by atoms with E-state index in [0.717, 1.165) is 37.0 Å². The molecule has 0 aromatic heterocycles. The van der Waals surface area contributed by atoms with Gasteiger partial charge in [0.25, 0.3) is 0 Å². The Bertz CT molecular complexity index is 530. The van der Waals surface area contributed by atoms with Crippen LogP contribution >= 0.6 is 15.9 Å². The molecule has 25 heavy (non-hydrogen) atoms. The van der Waals surface area contributed by atoms with Gasteiger partial charge in [-0.2, -0.15) is 0 Å². The van der Waals surface area contributed by atoms with Crippen molar-refractivity contribution < 1.29 is 9.90 Å². The van der Waals surface area contributed by atoms with E-state index in [-0.39, 0.29) is 0 Å². The lowest BCUT2D eigenvalue weighted by atomic mass is 9.48. The van der Waals surface area contributed by atoms with Crippen molar-refractivity contribution >= 4 is 21.7 Å². The fraction of sp³-hybridized carbons (Fsp3) is 0.955. The summed E-state index contributed by atoms with van der Waals surface area (Å²) in [4.78, 5) is 12.4. The molecule has 3 heteroatoms. The molecular weight excluding hydrogens is 376 g/mol. The third-order valence-electron chi connectivity index (χ3n) is 9.06. The standard InChI is InChI=1S/C22H35BrO2/c1-21(25)9-10-22(2)16(12-21)5-7-17-14-3-6-18(20(24)13-23)15(11-14)4-8-19(17)22/h14-19,25H,3-13H2,1-2H3/t14?,15-,16-,17+,18+,19+,21-,22+/m1/s1. The molecule has 0 heterocycles. The van der Waals surface area contributed by atoms with Gasteiger partial charge >= 0.3 is 0 Å². The predicted octanol–water partition coefficient (Wildman–Crippen LogP) is 5.36. The molecule has 4 rings (SSSR count). The number of carbonyl (C=O) groups excluding carboxylic acids is 1. The highest BCUT2D eigenvalue weighted by Gasteiger charge is 2.55. The monoisotopic (exact) mass is 410 g/mol. The SMILES string of the molecule is C[C@@]1(O)CC[C@@]2(C)[C@H](CC[C@H]3C4CC[C@H](C(=O)CBr)[C@H](CC[C@@H]32)C4)C1. The van der Waals surface area contributed by atoms with Gasteiger partial charge in [0.1, 0.15) is 5.78 Å². The Morgan fingerprint density at radius 3 is 2.56 bits per heavy atom. The molecule has 8 atom stereocenters. The predicted molar refractivity (Wildman–Crippen MR) is 105 cm³/mol. The van der Waals surface area contributed by atoms with Gasteiger partial charge in [-0.1, -0.05) is 22.9 Å². The molecule has 0 aliphatic heterocycles. The fourth-order valence-corrected chi connectivity index (χ4v) is 8.06. The normalized spacial score (nSPS) is 52.6. The topological polar surface area (TPSA) is 37.3 Å². The van der Waals surface area contributed by atoms with Crippen LogP contribution in [0.5, 0.6) is 0 Å². The summed E-state index contributed by atoms with van der Waals surface area (Å²) in [6.45, 7) is 4.61. The van der Waals surface area contributed by atoms with Gasteiger partial charge in [0.15, 0.2) is 0 Å². The minimum Gasteiger partial charge on any atom is -0.390 e. The van der Waals surface area contributed by atoms with Crippen molar-refractivity contribution in [1.82, 2.24) is 0 Å². The molecule has 0 saturated heterocycles. The smallest absolute Gasteiger partial charge is 0.146 e. The van der Waals surface area contributed by atoms with Gasteiger partial charge in [-0.25, -0.2) is 0 Å². The maximum atomic E-state index is 12.4. The molecule has 4 saturated carbocycles. The van der Waals surface area contributed by atoms with E-state index in [0.29, 0.717) is 34.3 Å². The van der Waals surface area contributed by atoms with Crippen LogP contribution in [0.15, 0.2) is 0 Å². The van der Waals surface area contributed by atoms with Crippen LogP contribution in [-0.4, -0.2) is 21.8 Å². The number of halogens is 1. The molecule has 0 aromatic carbocycles. The van der Waals surface area contributed by atoms with Gasteiger partial charge in [0.05, 0.1) is 10.9 Å². The maximum absolute atomic E-state index is 12.4. The zero-order chi connectivity index (χ0) is 17.8. The summed E-state index contributed by atoms with van der Waals surface area (Å²) in [5.41, 5.74) is -0.0113. The number of ketones is 1. The molecule has 4 aliphatic rings. The Labute approximate surface area is 161 Å². The zero-order valence-electron chi connectivity index (χ0n) is 16.0. The lowest BCUT2D eigenvalue weighted by Crippen LogP contribution is -2.51. The summed E-state index contributed by atoms with van der Waals surface area (Å²) in [5.74, 6) is 4.69. The van der Waals surface area contributed by atoms with Gasteiger partial charge in [0.2, 0.25) is 0 Å². The van der Waals surface area contributed by atoms with Crippen molar-refractivity contribution in [3.63, 3.8) is 0 Å². The second-order valence-electron chi connectivity index (χ2n) is 10.4.